The van der Waals surface area contributed by atoms with Gasteiger partial charge in [0.1, 0.15) is 16.5 Å². The minimum absolute atomic E-state index is 0.0702. The molecule has 0 bridgehead atoms. The minimum Gasteiger partial charge on any atom is -0.352 e. The molecule has 1 saturated heterocycles. The van der Waals surface area contributed by atoms with Crippen LogP contribution in [0.2, 0.25) is 0 Å². The number of aromatic nitrogens is 2. The van der Waals surface area contributed by atoms with E-state index in [9.17, 15) is 18.0 Å². The Morgan fingerprint density at radius 3 is 2.57 bits per heavy atom. The second kappa shape index (κ2) is 9.08. The number of hydrogen-bond acceptors (Lipinski definition) is 5. The number of aryl methyl sites for hydroxylation is 1. The fourth-order valence-corrected chi connectivity index (χ4v) is 6.34. The topological polar surface area (TPSA) is 49.3 Å². The molecule has 1 fully saturated rings. The summed E-state index contributed by atoms with van der Waals surface area (Å²) in [5, 5.41) is 1.15. The zero-order valence-electron chi connectivity index (χ0n) is 20.2. The summed E-state index contributed by atoms with van der Waals surface area (Å²) in [6, 6.07) is 4.67. The van der Waals surface area contributed by atoms with Crippen LogP contribution in [-0.4, -0.2) is 47.0 Å². The number of anilines is 1. The van der Waals surface area contributed by atoms with Gasteiger partial charge in [-0.3, -0.25) is 4.79 Å². The van der Waals surface area contributed by atoms with Gasteiger partial charge >= 0.3 is 6.18 Å². The summed E-state index contributed by atoms with van der Waals surface area (Å²) in [4.78, 5) is 29.2. The Morgan fingerprint density at radius 2 is 1.89 bits per heavy atom. The zero-order valence-corrected chi connectivity index (χ0v) is 21.0. The maximum Gasteiger partial charge on any atom is 0.416 e. The second-order valence-corrected chi connectivity index (χ2v) is 11.0. The van der Waals surface area contributed by atoms with Crippen molar-refractivity contribution < 1.29 is 18.0 Å². The molecule has 5 nitrogen and oxygen atoms in total. The van der Waals surface area contributed by atoms with Crippen molar-refractivity contribution in [3.05, 3.63) is 51.7 Å². The molecule has 1 amide bonds. The van der Waals surface area contributed by atoms with Crippen molar-refractivity contribution in [2.75, 3.05) is 31.1 Å². The molecule has 5 rings (SSSR count). The minimum atomic E-state index is -4.47. The molecule has 0 spiro atoms. The molecular weight excluding hydrogens is 473 g/mol. The van der Waals surface area contributed by atoms with E-state index in [0.717, 1.165) is 53.3 Å². The fourth-order valence-electron chi connectivity index (χ4n) is 4.96. The van der Waals surface area contributed by atoms with E-state index in [1.165, 1.54) is 22.6 Å². The molecule has 3 heterocycles. The van der Waals surface area contributed by atoms with E-state index < -0.39 is 11.7 Å². The van der Waals surface area contributed by atoms with Gasteiger partial charge in [-0.05, 0) is 48.9 Å². The fraction of sp³-hybridized carbons (Fsp3) is 0.500. The molecule has 0 saturated carbocycles. The highest BCUT2D eigenvalue weighted by Crippen LogP contribution is 2.41. The molecule has 9 heteroatoms. The van der Waals surface area contributed by atoms with E-state index in [0.29, 0.717) is 32.1 Å². The predicted molar refractivity (Wildman–Crippen MR) is 132 cm³/mol. The van der Waals surface area contributed by atoms with E-state index in [-0.39, 0.29) is 17.4 Å². The number of benzene rings is 1. The van der Waals surface area contributed by atoms with Crippen molar-refractivity contribution in [1.29, 1.82) is 0 Å². The molecule has 2 aliphatic rings. The number of carbonyl (C=O) groups excluding carboxylic acids is 1. The third-order valence-corrected chi connectivity index (χ3v) is 8.12. The van der Waals surface area contributed by atoms with Crippen LogP contribution in [0.15, 0.2) is 24.3 Å². The quantitative estimate of drug-likeness (QED) is 0.446. The van der Waals surface area contributed by atoms with Crippen LogP contribution in [-0.2, 0) is 19.0 Å². The van der Waals surface area contributed by atoms with Gasteiger partial charge in [-0.15, -0.1) is 11.3 Å². The Labute approximate surface area is 207 Å². The van der Waals surface area contributed by atoms with Crippen LogP contribution in [0, 0.1) is 5.92 Å². The first-order valence-electron chi connectivity index (χ1n) is 12.2. The first-order valence-corrected chi connectivity index (χ1v) is 13.0. The Hall–Kier alpha value is -2.68. The van der Waals surface area contributed by atoms with E-state index in [2.05, 4.69) is 25.7 Å². The predicted octanol–water partition coefficient (Wildman–Crippen LogP) is 5.92. The number of thiophene rings is 1. The number of piperazine rings is 1. The summed E-state index contributed by atoms with van der Waals surface area (Å²) in [5.41, 5.74) is 0.639. The smallest absolute Gasteiger partial charge is 0.352 e. The van der Waals surface area contributed by atoms with Gasteiger partial charge in [0.2, 0.25) is 0 Å². The Balaban J connectivity index is 1.41. The summed E-state index contributed by atoms with van der Waals surface area (Å²) in [5.74, 6) is 2.26. The zero-order chi connectivity index (χ0) is 24.9. The lowest BCUT2D eigenvalue weighted by Gasteiger charge is -2.36. The van der Waals surface area contributed by atoms with Crippen molar-refractivity contribution in [3.8, 4) is 0 Å². The van der Waals surface area contributed by atoms with Crippen molar-refractivity contribution in [2.45, 2.75) is 52.1 Å². The first kappa shape index (κ1) is 24.0. The lowest BCUT2D eigenvalue weighted by Crippen LogP contribution is -2.49. The maximum atomic E-state index is 13.1. The third-order valence-electron chi connectivity index (χ3n) is 6.97. The largest absolute Gasteiger partial charge is 0.416 e. The number of amides is 1. The van der Waals surface area contributed by atoms with Crippen LogP contribution >= 0.6 is 11.3 Å². The molecule has 1 aliphatic carbocycles. The Bertz CT molecular complexity index is 1260. The van der Waals surface area contributed by atoms with E-state index in [4.69, 9.17) is 9.97 Å². The number of fused-ring (bicyclic) bond motifs is 3. The molecule has 1 aromatic carbocycles. The number of rotatable bonds is 3. The van der Waals surface area contributed by atoms with Crippen LogP contribution in [0.1, 0.15) is 65.3 Å². The van der Waals surface area contributed by atoms with Gasteiger partial charge in [0.15, 0.2) is 0 Å². The first-order chi connectivity index (χ1) is 16.6. The summed E-state index contributed by atoms with van der Waals surface area (Å²) in [6.07, 6.45) is -1.21. The normalized spacial score (nSPS) is 18.9. The van der Waals surface area contributed by atoms with Gasteiger partial charge < -0.3 is 9.80 Å². The molecule has 3 aromatic rings. The molecule has 0 N–H and O–H groups in total. The molecule has 0 radical (unpaired) electrons. The van der Waals surface area contributed by atoms with Crippen molar-refractivity contribution in [2.24, 2.45) is 5.92 Å². The van der Waals surface area contributed by atoms with Crippen LogP contribution in [0.4, 0.5) is 19.0 Å². The third kappa shape index (κ3) is 4.62. The number of nitrogens with zero attached hydrogens (tertiary/aromatic N) is 4. The summed E-state index contributed by atoms with van der Waals surface area (Å²) < 4.78 is 39.3. The standard InChI is InChI=1S/C26H29F3N4OS/c1-15(2)22-30-23(21-19-8-7-16(3)13-20(19)35-24(21)31-22)32-9-11-33(12-10-32)25(34)17-5-4-6-18(14-17)26(27,28)29/h4-6,14-16H,7-13H2,1-3H3. The average Bonchev–Trinajstić information content (AvgIpc) is 3.20. The van der Waals surface area contributed by atoms with Crippen molar-refractivity contribution in [3.63, 3.8) is 0 Å². The summed E-state index contributed by atoms with van der Waals surface area (Å²) >= 11 is 1.79. The van der Waals surface area contributed by atoms with E-state index in [1.54, 1.807) is 16.2 Å². The molecule has 35 heavy (non-hydrogen) atoms. The van der Waals surface area contributed by atoms with Gasteiger partial charge in [0.25, 0.3) is 5.91 Å². The monoisotopic (exact) mass is 502 g/mol. The molecule has 2 aromatic heterocycles. The second-order valence-electron chi connectivity index (χ2n) is 9.95. The van der Waals surface area contributed by atoms with Gasteiger partial charge in [0, 0.05) is 42.5 Å². The molecular formula is C26H29F3N4OS. The number of halogens is 3. The van der Waals surface area contributed by atoms with Crippen LogP contribution in [0.25, 0.3) is 10.2 Å². The molecule has 1 atom stereocenters. The number of hydrogen-bond donors (Lipinski definition) is 0. The Kier molecular flexibility index (Phi) is 6.23. The highest BCUT2D eigenvalue weighted by atomic mass is 32.1. The summed E-state index contributed by atoms with van der Waals surface area (Å²) in [6.45, 7) is 8.49. The van der Waals surface area contributed by atoms with Gasteiger partial charge in [-0.25, -0.2) is 9.97 Å². The van der Waals surface area contributed by atoms with E-state index in [1.807, 2.05) is 0 Å². The molecule has 186 valence electrons. The van der Waals surface area contributed by atoms with Crippen molar-refractivity contribution in [1.82, 2.24) is 14.9 Å². The van der Waals surface area contributed by atoms with Crippen LogP contribution in [0.5, 0.6) is 0 Å². The number of carbonyl (C=O) groups is 1. The average molecular weight is 503 g/mol. The lowest BCUT2D eigenvalue weighted by atomic mass is 9.89. The van der Waals surface area contributed by atoms with E-state index >= 15 is 0 Å². The van der Waals surface area contributed by atoms with Gasteiger partial charge in [-0.2, -0.15) is 13.2 Å². The Morgan fingerprint density at radius 1 is 1.14 bits per heavy atom. The van der Waals surface area contributed by atoms with Crippen LogP contribution in [0.3, 0.4) is 0 Å². The van der Waals surface area contributed by atoms with Crippen LogP contribution < -0.4 is 4.90 Å². The summed E-state index contributed by atoms with van der Waals surface area (Å²) in [7, 11) is 0. The molecule has 1 aliphatic heterocycles. The van der Waals surface area contributed by atoms with Gasteiger partial charge in [0.05, 0.1) is 10.9 Å². The molecule has 1 unspecified atom stereocenters. The van der Waals surface area contributed by atoms with Crippen molar-refractivity contribution >= 4 is 33.3 Å². The number of alkyl halides is 3. The lowest BCUT2D eigenvalue weighted by molar-refractivity contribution is -0.137. The SMILES string of the molecule is CC1CCc2c(sc3nc(C(C)C)nc(N4CCN(C(=O)c5cccc(C(F)(F)F)c5)CC4)c23)C1. The highest BCUT2D eigenvalue weighted by molar-refractivity contribution is 7.19. The maximum absolute atomic E-state index is 13.1. The van der Waals surface area contributed by atoms with Gasteiger partial charge in [-0.1, -0.05) is 26.8 Å². The highest BCUT2D eigenvalue weighted by Gasteiger charge is 2.32.